The Morgan fingerprint density at radius 2 is 1.80 bits per heavy atom. The molecule has 0 aliphatic carbocycles. The number of ketones is 1. The van der Waals surface area contributed by atoms with E-state index in [1.54, 1.807) is 29.4 Å². The maximum absolute atomic E-state index is 13.3. The molecule has 2 aromatic rings. The van der Waals surface area contributed by atoms with Crippen LogP contribution in [0.3, 0.4) is 0 Å². The Kier molecular flexibility index (Phi) is 3.69. The van der Waals surface area contributed by atoms with E-state index in [0.717, 1.165) is 12.1 Å². The molecule has 5 heteroatoms. The lowest BCUT2D eigenvalue weighted by atomic mass is 9.78. The maximum atomic E-state index is 13.3. The second-order valence-electron chi connectivity index (χ2n) is 7.25. The molecule has 3 heterocycles. The van der Waals surface area contributed by atoms with Crippen LogP contribution in [0.2, 0.25) is 0 Å². The summed E-state index contributed by atoms with van der Waals surface area (Å²) in [5.41, 5.74) is 1.64. The number of carbonyl (C=O) groups excluding carboxylic acids is 2. The fraction of sp³-hybridized carbons (Fsp3) is 0.350. The van der Waals surface area contributed by atoms with E-state index in [1.807, 2.05) is 38.2 Å². The second kappa shape index (κ2) is 5.77. The topological polar surface area (TPSA) is 53.5 Å². The number of fused-ring (bicyclic) bond motifs is 2. The molecule has 1 fully saturated rings. The summed E-state index contributed by atoms with van der Waals surface area (Å²) in [6.07, 6.45) is 3.56. The molecule has 0 bridgehead atoms. The van der Waals surface area contributed by atoms with Crippen LogP contribution in [0.4, 0.5) is 0 Å². The molecule has 0 radical (unpaired) electrons. The monoisotopic (exact) mass is 335 g/mol. The predicted octanol–water partition coefficient (Wildman–Crippen LogP) is 2.24. The maximum Gasteiger partial charge on any atom is 0.254 e. The molecule has 4 rings (SSSR count). The number of rotatable bonds is 2. The Morgan fingerprint density at radius 3 is 2.52 bits per heavy atom. The molecule has 1 amide bonds. The first-order chi connectivity index (χ1) is 12.0. The Balaban J connectivity index is 1.70. The minimum absolute atomic E-state index is 0.0663. The number of likely N-dealkylation sites (tertiary alicyclic amines) is 1. The van der Waals surface area contributed by atoms with Gasteiger partial charge in [0.05, 0.1) is 17.0 Å². The first kappa shape index (κ1) is 16.0. The quantitative estimate of drug-likeness (QED) is 0.845. The summed E-state index contributed by atoms with van der Waals surface area (Å²) in [5.74, 6) is 0.00599. The van der Waals surface area contributed by atoms with Crippen molar-refractivity contribution in [1.82, 2.24) is 14.8 Å². The molecule has 25 heavy (non-hydrogen) atoms. The van der Waals surface area contributed by atoms with Crippen molar-refractivity contribution in [3.05, 3.63) is 65.5 Å². The highest BCUT2D eigenvalue weighted by Crippen LogP contribution is 2.40. The fourth-order valence-corrected chi connectivity index (χ4v) is 4.23. The SMILES string of the molecule is CN1C(=O)c2ccccc2C(=O)[C@@]2(C)CN(Cc3ccncc3)C[C@@H]12. The highest BCUT2D eigenvalue weighted by molar-refractivity contribution is 6.12. The number of hydrogen-bond acceptors (Lipinski definition) is 4. The van der Waals surface area contributed by atoms with E-state index in [2.05, 4.69) is 9.88 Å². The van der Waals surface area contributed by atoms with E-state index in [-0.39, 0.29) is 17.7 Å². The summed E-state index contributed by atoms with van der Waals surface area (Å²) < 4.78 is 0. The molecule has 0 saturated carbocycles. The third kappa shape index (κ3) is 2.46. The van der Waals surface area contributed by atoms with E-state index in [0.29, 0.717) is 24.2 Å². The van der Waals surface area contributed by atoms with E-state index in [4.69, 9.17) is 0 Å². The highest BCUT2D eigenvalue weighted by Gasteiger charge is 2.53. The van der Waals surface area contributed by atoms with Crippen molar-refractivity contribution in [2.75, 3.05) is 20.1 Å². The number of amides is 1. The summed E-state index contributed by atoms with van der Waals surface area (Å²) in [4.78, 5) is 34.3. The minimum Gasteiger partial charge on any atom is -0.336 e. The second-order valence-corrected chi connectivity index (χ2v) is 7.25. The van der Waals surface area contributed by atoms with Gasteiger partial charge in [-0.05, 0) is 30.7 Å². The summed E-state index contributed by atoms with van der Waals surface area (Å²) in [5, 5.41) is 0. The lowest BCUT2D eigenvalue weighted by Gasteiger charge is -2.32. The first-order valence-corrected chi connectivity index (χ1v) is 8.53. The molecule has 2 atom stereocenters. The van der Waals surface area contributed by atoms with E-state index in [1.165, 1.54) is 0 Å². The van der Waals surface area contributed by atoms with Crippen LogP contribution in [0, 0.1) is 5.41 Å². The van der Waals surface area contributed by atoms with Gasteiger partial charge in [-0.15, -0.1) is 0 Å². The van der Waals surface area contributed by atoms with Crippen molar-refractivity contribution in [3.63, 3.8) is 0 Å². The van der Waals surface area contributed by atoms with Gasteiger partial charge in [-0.2, -0.15) is 0 Å². The Hall–Kier alpha value is -2.53. The van der Waals surface area contributed by atoms with Gasteiger partial charge in [-0.25, -0.2) is 0 Å². The third-order valence-corrected chi connectivity index (χ3v) is 5.58. The van der Waals surface area contributed by atoms with E-state index in [9.17, 15) is 9.59 Å². The van der Waals surface area contributed by atoms with Crippen LogP contribution < -0.4 is 0 Å². The normalized spacial score (nSPS) is 26.3. The number of benzene rings is 1. The summed E-state index contributed by atoms with van der Waals surface area (Å²) in [6, 6.07) is 11.0. The van der Waals surface area contributed by atoms with Gasteiger partial charge in [0, 0.05) is 44.6 Å². The van der Waals surface area contributed by atoms with Crippen molar-refractivity contribution < 1.29 is 9.59 Å². The number of aromatic nitrogens is 1. The van der Waals surface area contributed by atoms with Gasteiger partial charge >= 0.3 is 0 Å². The lowest BCUT2D eigenvalue weighted by Crippen LogP contribution is -2.47. The smallest absolute Gasteiger partial charge is 0.254 e. The molecule has 0 spiro atoms. The Labute approximate surface area is 147 Å². The van der Waals surface area contributed by atoms with Gasteiger partial charge in [0.2, 0.25) is 0 Å². The van der Waals surface area contributed by atoms with Crippen molar-refractivity contribution in [1.29, 1.82) is 0 Å². The number of carbonyl (C=O) groups is 2. The number of pyridine rings is 1. The average molecular weight is 335 g/mol. The molecule has 1 aromatic heterocycles. The van der Waals surface area contributed by atoms with Crippen molar-refractivity contribution in [3.8, 4) is 0 Å². The molecule has 128 valence electrons. The number of Topliss-reactive ketones (excluding diaryl/α,β-unsaturated/α-hetero) is 1. The van der Waals surface area contributed by atoms with Crippen molar-refractivity contribution in [2.24, 2.45) is 5.41 Å². The average Bonchev–Trinajstić information content (AvgIpc) is 2.95. The predicted molar refractivity (Wildman–Crippen MR) is 94.3 cm³/mol. The zero-order valence-electron chi connectivity index (χ0n) is 14.5. The molecule has 2 aliphatic rings. The van der Waals surface area contributed by atoms with Crippen LogP contribution in [0.5, 0.6) is 0 Å². The van der Waals surface area contributed by atoms with Gasteiger partial charge in [-0.3, -0.25) is 19.5 Å². The van der Waals surface area contributed by atoms with Crippen LogP contribution in [0.15, 0.2) is 48.8 Å². The summed E-state index contributed by atoms with van der Waals surface area (Å²) in [6.45, 7) is 4.09. The number of likely N-dealkylation sites (N-methyl/N-ethyl adjacent to an activating group) is 1. The van der Waals surface area contributed by atoms with E-state index < -0.39 is 5.41 Å². The molecule has 5 nitrogen and oxygen atoms in total. The minimum atomic E-state index is -0.593. The van der Waals surface area contributed by atoms with Crippen LogP contribution in [0.1, 0.15) is 33.2 Å². The number of hydrogen-bond donors (Lipinski definition) is 0. The molecule has 2 aliphatic heterocycles. The summed E-state index contributed by atoms with van der Waals surface area (Å²) in [7, 11) is 1.82. The molecule has 0 unspecified atom stereocenters. The van der Waals surface area contributed by atoms with Gasteiger partial charge in [0.1, 0.15) is 0 Å². The Morgan fingerprint density at radius 1 is 1.12 bits per heavy atom. The molecule has 1 saturated heterocycles. The van der Waals surface area contributed by atoms with Crippen LogP contribution in [-0.2, 0) is 6.54 Å². The van der Waals surface area contributed by atoms with Crippen LogP contribution in [0.25, 0.3) is 0 Å². The first-order valence-electron chi connectivity index (χ1n) is 8.53. The molecule has 1 aromatic carbocycles. The zero-order valence-corrected chi connectivity index (χ0v) is 14.5. The van der Waals surface area contributed by atoms with E-state index >= 15 is 0 Å². The van der Waals surface area contributed by atoms with Crippen molar-refractivity contribution >= 4 is 11.7 Å². The molecule has 0 N–H and O–H groups in total. The molecular formula is C20H21N3O2. The zero-order chi connectivity index (χ0) is 17.6. The van der Waals surface area contributed by atoms with Gasteiger partial charge < -0.3 is 4.90 Å². The largest absolute Gasteiger partial charge is 0.336 e. The van der Waals surface area contributed by atoms with Gasteiger partial charge in [-0.1, -0.05) is 18.2 Å². The van der Waals surface area contributed by atoms with Gasteiger partial charge in [0.25, 0.3) is 5.91 Å². The highest BCUT2D eigenvalue weighted by atomic mass is 16.2. The van der Waals surface area contributed by atoms with Crippen LogP contribution >= 0.6 is 0 Å². The summed E-state index contributed by atoms with van der Waals surface area (Å²) >= 11 is 0. The molecular weight excluding hydrogens is 314 g/mol. The van der Waals surface area contributed by atoms with Crippen molar-refractivity contribution in [2.45, 2.75) is 19.5 Å². The standard InChI is InChI=1S/C20H21N3O2/c1-20-13-23(11-14-7-9-21-10-8-14)12-17(20)22(2)19(25)16-6-4-3-5-15(16)18(20)24/h3-10,17H,11-13H2,1-2H3/t17-,20+/m1/s1. The lowest BCUT2D eigenvalue weighted by molar-refractivity contribution is 0.0606. The third-order valence-electron chi connectivity index (χ3n) is 5.58. The van der Waals surface area contributed by atoms with Crippen LogP contribution in [-0.4, -0.2) is 52.7 Å². The Bertz CT molecular complexity index is 836. The van der Waals surface area contributed by atoms with Gasteiger partial charge in [0.15, 0.2) is 5.78 Å². The fourth-order valence-electron chi connectivity index (χ4n) is 4.23. The number of nitrogens with zero attached hydrogens (tertiary/aromatic N) is 3.